The molecule has 3 aliphatic carbocycles. The Bertz CT molecular complexity index is 511. The first-order valence-electron chi connectivity index (χ1n) is 8.26. The number of Topliss-reactive ketones (excluding diaryl/α,β-unsaturated/α-hetero) is 1. The molecule has 0 N–H and O–H groups in total. The van der Waals surface area contributed by atoms with Crippen molar-refractivity contribution in [2.45, 2.75) is 45.4 Å². The van der Waals surface area contributed by atoms with Gasteiger partial charge in [-0.05, 0) is 60.0 Å². The molecule has 3 aliphatic rings. The molecule has 4 atom stereocenters. The van der Waals surface area contributed by atoms with E-state index in [0.717, 1.165) is 23.7 Å². The van der Waals surface area contributed by atoms with Crippen LogP contribution in [-0.2, 0) is 11.2 Å². The summed E-state index contributed by atoms with van der Waals surface area (Å²) in [6.07, 6.45) is 4.90. The van der Waals surface area contributed by atoms with Crippen LogP contribution in [-0.4, -0.2) is 5.78 Å². The van der Waals surface area contributed by atoms with Gasteiger partial charge in [0.05, 0.1) is 0 Å². The van der Waals surface area contributed by atoms with E-state index < -0.39 is 0 Å². The molecule has 0 heterocycles. The van der Waals surface area contributed by atoms with E-state index in [0.29, 0.717) is 24.0 Å². The molecule has 0 spiro atoms. The van der Waals surface area contributed by atoms with Crippen LogP contribution in [0.3, 0.4) is 0 Å². The van der Waals surface area contributed by atoms with Crippen LogP contribution in [0.4, 0.5) is 0 Å². The van der Waals surface area contributed by atoms with Crippen molar-refractivity contribution >= 4 is 5.78 Å². The van der Waals surface area contributed by atoms with Gasteiger partial charge in [-0.2, -0.15) is 0 Å². The maximum Gasteiger partial charge on any atom is 0.140 e. The molecule has 0 aromatic heterocycles. The Balaban J connectivity index is 1.41. The molecular formula is C19H24O. The van der Waals surface area contributed by atoms with Crippen LogP contribution in [0.25, 0.3) is 0 Å². The zero-order chi connectivity index (χ0) is 13.9. The van der Waals surface area contributed by atoms with E-state index in [4.69, 9.17) is 0 Å². The Kier molecular flexibility index (Phi) is 2.80. The summed E-state index contributed by atoms with van der Waals surface area (Å²) >= 11 is 0. The summed E-state index contributed by atoms with van der Waals surface area (Å²) in [6.45, 7) is 4.42. The molecule has 1 nitrogen and oxygen atoms in total. The van der Waals surface area contributed by atoms with Crippen LogP contribution in [0.5, 0.6) is 0 Å². The first kappa shape index (κ1) is 12.6. The van der Waals surface area contributed by atoms with Gasteiger partial charge in [0.1, 0.15) is 5.78 Å². The van der Waals surface area contributed by atoms with Gasteiger partial charge in [0.2, 0.25) is 0 Å². The number of hydrogen-bond acceptors (Lipinski definition) is 1. The first-order valence-corrected chi connectivity index (χ1v) is 8.26. The van der Waals surface area contributed by atoms with Crippen LogP contribution in [0.2, 0.25) is 0 Å². The van der Waals surface area contributed by atoms with Crippen LogP contribution >= 0.6 is 0 Å². The molecule has 0 saturated heterocycles. The maximum atomic E-state index is 12.5. The van der Waals surface area contributed by atoms with Crippen molar-refractivity contribution in [3.05, 3.63) is 35.4 Å². The average Bonchev–Trinajstić information content (AvgIpc) is 2.89. The van der Waals surface area contributed by atoms with Crippen molar-refractivity contribution in [2.75, 3.05) is 0 Å². The molecule has 0 aliphatic heterocycles. The van der Waals surface area contributed by atoms with Crippen LogP contribution in [0.1, 0.15) is 50.2 Å². The van der Waals surface area contributed by atoms with Crippen molar-refractivity contribution in [3.63, 3.8) is 0 Å². The molecule has 0 radical (unpaired) electrons. The van der Waals surface area contributed by atoms with E-state index in [9.17, 15) is 4.79 Å². The van der Waals surface area contributed by atoms with E-state index >= 15 is 0 Å². The molecule has 20 heavy (non-hydrogen) atoms. The summed E-state index contributed by atoms with van der Waals surface area (Å²) in [7, 11) is 0. The topological polar surface area (TPSA) is 17.1 Å². The minimum absolute atomic E-state index is 0.436. The van der Waals surface area contributed by atoms with Crippen LogP contribution in [0, 0.1) is 29.6 Å². The number of rotatable bonds is 4. The van der Waals surface area contributed by atoms with E-state index in [-0.39, 0.29) is 0 Å². The lowest BCUT2D eigenvalue weighted by Gasteiger charge is -2.09. The molecule has 1 heteroatoms. The Morgan fingerprint density at radius 1 is 1.10 bits per heavy atom. The van der Waals surface area contributed by atoms with Gasteiger partial charge in [-0.15, -0.1) is 0 Å². The molecule has 4 rings (SSSR count). The zero-order valence-electron chi connectivity index (χ0n) is 12.5. The highest BCUT2D eigenvalue weighted by atomic mass is 16.1. The van der Waals surface area contributed by atoms with E-state index in [1.54, 1.807) is 0 Å². The van der Waals surface area contributed by atoms with Crippen LogP contribution in [0.15, 0.2) is 24.3 Å². The molecule has 4 unspecified atom stereocenters. The third-order valence-corrected chi connectivity index (χ3v) is 6.13. The number of carbonyl (C=O) groups is 1. The number of hydrogen-bond donors (Lipinski definition) is 0. The second-order valence-electron chi connectivity index (χ2n) is 7.55. The highest BCUT2D eigenvalue weighted by molar-refractivity contribution is 5.86. The fourth-order valence-corrected chi connectivity index (χ4v) is 5.09. The summed E-state index contributed by atoms with van der Waals surface area (Å²) in [5.41, 5.74) is 2.57. The van der Waals surface area contributed by atoms with Crippen LogP contribution < -0.4 is 0 Å². The minimum Gasteiger partial charge on any atom is -0.299 e. The van der Waals surface area contributed by atoms with Crippen molar-refractivity contribution in [1.82, 2.24) is 0 Å². The van der Waals surface area contributed by atoms with E-state index in [1.165, 1.54) is 30.4 Å². The van der Waals surface area contributed by atoms with Gasteiger partial charge in [-0.3, -0.25) is 4.79 Å². The Labute approximate surface area is 121 Å². The van der Waals surface area contributed by atoms with E-state index in [1.807, 2.05) is 0 Å². The highest BCUT2D eigenvalue weighted by Gasteiger charge is 2.66. The standard InChI is InChI=1S/C19H24O/c1-11(2)13-5-3-12(4-6-13)9-16(20)19-17-14-7-8-15(10-14)18(17)19/h3-6,11,14-15,17-19H,7-10H2,1-2H3. The van der Waals surface area contributed by atoms with Gasteiger partial charge in [0.15, 0.2) is 0 Å². The average molecular weight is 268 g/mol. The van der Waals surface area contributed by atoms with Gasteiger partial charge < -0.3 is 0 Å². The lowest BCUT2D eigenvalue weighted by atomic mass is 9.95. The predicted molar refractivity (Wildman–Crippen MR) is 80.5 cm³/mol. The molecule has 2 bridgehead atoms. The number of benzene rings is 1. The summed E-state index contributed by atoms with van der Waals surface area (Å²) in [5.74, 6) is 4.91. The third kappa shape index (κ3) is 1.86. The summed E-state index contributed by atoms with van der Waals surface area (Å²) in [6, 6.07) is 8.68. The minimum atomic E-state index is 0.436. The second-order valence-corrected chi connectivity index (χ2v) is 7.55. The molecule has 0 amide bonds. The third-order valence-electron chi connectivity index (χ3n) is 6.13. The van der Waals surface area contributed by atoms with Gasteiger partial charge in [-0.1, -0.05) is 38.1 Å². The summed E-state index contributed by atoms with van der Waals surface area (Å²) in [4.78, 5) is 12.5. The van der Waals surface area contributed by atoms with E-state index in [2.05, 4.69) is 38.1 Å². The monoisotopic (exact) mass is 268 g/mol. The lowest BCUT2D eigenvalue weighted by molar-refractivity contribution is -0.120. The van der Waals surface area contributed by atoms with Gasteiger partial charge >= 0.3 is 0 Å². The fraction of sp³-hybridized carbons (Fsp3) is 0.632. The van der Waals surface area contributed by atoms with Gasteiger partial charge in [0, 0.05) is 12.3 Å². The number of fused-ring (bicyclic) bond motifs is 5. The molecule has 106 valence electrons. The van der Waals surface area contributed by atoms with Crippen molar-refractivity contribution < 1.29 is 4.79 Å². The van der Waals surface area contributed by atoms with Crippen molar-refractivity contribution in [3.8, 4) is 0 Å². The summed E-state index contributed by atoms with van der Waals surface area (Å²) in [5, 5.41) is 0. The van der Waals surface area contributed by atoms with Crippen molar-refractivity contribution in [2.24, 2.45) is 29.6 Å². The Hall–Kier alpha value is -1.11. The Morgan fingerprint density at radius 2 is 1.70 bits per heavy atom. The second kappa shape index (κ2) is 4.44. The maximum absolute atomic E-state index is 12.5. The predicted octanol–water partition coefficient (Wildman–Crippen LogP) is 4.21. The molecule has 1 aromatic carbocycles. The SMILES string of the molecule is CC(C)c1ccc(CC(=O)C2C3C4CCC(C4)C23)cc1. The fourth-order valence-electron chi connectivity index (χ4n) is 5.09. The lowest BCUT2D eigenvalue weighted by Crippen LogP contribution is -2.12. The Morgan fingerprint density at radius 3 is 2.25 bits per heavy atom. The molecule has 3 fully saturated rings. The number of carbonyl (C=O) groups excluding carboxylic acids is 1. The largest absolute Gasteiger partial charge is 0.299 e. The molecule has 1 aromatic rings. The molecular weight excluding hydrogens is 244 g/mol. The molecule has 3 saturated carbocycles. The van der Waals surface area contributed by atoms with Gasteiger partial charge in [-0.25, -0.2) is 0 Å². The highest BCUT2D eigenvalue weighted by Crippen LogP contribution is 2.69. The smallest absolute Gasteiger partial charge is 0.140 e. The van der Waals surface area contributed by atoms with Gasteiger partial charge in [0.25, 0.3) is 0 Å². The quantitative estimate of drug-likeness (QED) is 0.799. The normalized spacial score (nSPS) is 37.2. The number of ketones is 1. The first-order chi connectivity index (χ1) is 9.65. The summed E-state index contributed by atoms with van der Waals surface area (Å²) < 4.78 is 0. The zero-order valence-corrected chi connectivity index (χ0v) is 12.5. The van der Waals surface area contributed by atoms with Crippen molar-refractivity contribution in [1.29, 1.82) is 0 Å².